The van der Waals surface area contributed by atoms with Gasteiger partial charge in [0.1, 0.15) is 5.75 Å². The van der Waals surface area contributed by atoms with Crippen molar-refractivity contribution in [3.8, 4) is 5.75 Å². The Hall–Kier alpha value is -1.88. The van der Waals surface area contributed by atoms with E-state index in [9.17, 15) is 9.90 Å². The number of aromatic nitrogens is 1. The summed E-state index contributed by atoms with van der Waals surface area (Å²) in [5.74, 6) is 0.229. The summed E-state index contributed by atoms with van der Waals surface area (Å²) >= 11 is 1.55. The molecule has 19 heavy (non-hydrogen) atoms. The van der Waals surface area contributed by atoms with Crippen LogP contribution in [0.15, 0.2) is 29.6 Å². The third kappa shape index (κ3) is 4.37. The molecule has 4 nitrogen and oxygen atoms in total. The monoisotopic (exact) mass is 276 g/mol. The van der Waals surface area contributed by atoms with Crippen LogP contribution in [0.1, 0.15) is 16.3 Å². The van der Waals surface area contributed by atoms with Gasteiger partial charge >= 0.3 is 0 Å². The Balaban J connectivity index is 1.75. The molecule has 1 aromatic heterocycles. The molecule has 0 aliphatic carbocycles. The molecule has 0 spiro atoms. The quantitative estimate of drug-likeness (QED) is 0.878. The van der Waals surface area contributed by atoms with Crippen molar-refractivity contribution in [1.29, 1.82) is 0 Å². The van der Waals surface area contributed by atoms with Crippen LogP contribution in [-0.2, 0) is 17.6 Å². The van der Waals surface area contributed by atoms with Crippen LogP contribution < -0.4 is 5.32 Å². The van der Waals surface area contributed by atoms with E-state index in [4.69, 9.17) is 0 Å². The van der Waals surface area contributed by atoms with Gasteiger partial charge in [-0.2, -0.15) is 0 Å². The Kier molecular flexibility index (Phi) is 4.52. The second kappa shape index (κ2) is 6.33. The maximum absolute atomic E-state index is 11.7. The fourth-order valence-corrected chi connectivity index (χ4v) is 2.39. The van der Waals surface area contributed by atoms with Crippen LogP contribution in [0.25, 0.3) is 0 Å². The number of benzene rings is 1. The summed E-state index contributed by atoms with van der Waals surface area (Å²) in [6, 6.07) is 7.06. The average molecular weight is 276 g/mol. The molecule has 0 saturated heterocycles. The molecule has 100 valence electrons. The normalized spacial score (nSPS) is 10.4. The molecule has 0 aliphatic rings. The molecule has 0 bridgehead atoms. The van der Waals surface area contributed by atoms with E-state index in [1.54, 1.807) is 29.5 Å². The molecule has 0 radical (unpaired) electrons. The van der Waals surface area contributed by atoms with Gasteiger partial charge in [-0.05, 0) is 31.0 Å². The van der Waals surface area contributed by atoms with E-state index in [1.165, 1.54) is 0 Å². The fraction of sp³-hybridized carbons (Fsp3) is 0.286. The minimum absolute atomic E-state index is 0.0227. The topological polar surface area (TPSA) is 62.2 Å². The average Bonchev–Trinajstić information content (AvgIpc) is 2.75. The number of hydrogen-bond acceptors (Lipinski definition) is 4. The van der Waals surface area contributed by atoms with E-state index in [0.717, 1.165) is 16.3 Å². The first-order valence-corrected chi connectivity index (χ1v) is 6.97. The van der Waals surface area contributed by atoms with Gasteiger partial charge in [-0.3, -0.25) is 4.79 Å². The second-order valence-electron chi connectivity index (χ2n) is 4.30. The molecule has 0 unspecified atom stereocenters. The van der Waals surface area contributed by atoms with Crippen LogP contribution in [0.3, 0.4) is 0 Å². The van der Waals surface area contributed by atoms with Gasteiger partial charge in [-0.25, -0.2) is 4.98 Å². The SMILES string of the molecule is Cc1nc(CC(=O)NCCc2cccc(O)c2)cs1. The van der Waals surface area contributed by atoms with Crippen LogP contribution in [-0.4, -0.2) is 22.5 Å². The number of carbonyl (C=O) groups excluding carboxylic acids is 1. The largest absolute Gasteiger partial charge is 0.508 e. The maximum Gasteiger partial charge on any atom is 0.226 e. The van der Waals surface area contributed by atoms with Crippen molar-refractivity contribution >= 4 is 17.2 Å². The van der Waals surface area contributed by atoms with Crippen LogP contribution >= 0.6 is 11.3 Å². The maximum atomic E-state index is 11.7. The van der Waals surface area contributed by atoms with Crippen molar-refractivity contribution < 1.29 is 9.90 Å². The van der Waals surface area contributed by atoms with E-state index < -0.39 is 0 Å². The zero-order valence-corrected chi connectivity index (χ0v) is 11.5. The number of amides is 1. The molecule has 0 atom stereocenters. The number of phenolic OH excluding ortho intramolecular Hbond substituents is 1. The van der Waals surface area contributed by atoms with Crippen LogP contribution in [0.4, 0.5) is 0 Å². The molecule has 2 N–H and O–H groups in total. The number of aryl methyl sites for hydroxylation is 1. The first kappa shape index (κ1) is 13.5. The molecule has 5 heteroatoms. The summed E-state index contributed by atoms with van der Waals surface area (Å²) in [6.45, 7) is 2.49. The summed E-state index contributed by atoms with van der Waals surface area (Å²) < 4.78 is 0. The highest BCUT2D eigenvalue weighted by Crippen LogP contribution is 2.11. The smallest absolute Gasteiger partial charge is 0.226 e. The molecule has 2 rings (SSSR count). The van der Waals surface area contributed by atoms with Crippen LogP contribution in [0.2, 0.25) is 0 Å². The molecule has 0 saturated carbocycles. The number of rotatable bonds is 5. The Morgan fingerprint density at radius 2 is 2.32 bits per heavy atom. The summed E-state index contributed by atoms with van der Waals surface area (Å²) in [7, 11) is 0. The number of phenols is 1. The number of nitrogens with zero attached hydrogens (tertiary/aromatic N) is 1. The molecule has 0 aliphatic heterocycles. The zero-order chi connectivity index (χ0) is 13.7. The van der Waals surface area contributed by atoms with E-state index in [1.807, 2.05) is 18.4 Å². The molecule has 1 aromatic carbocycles. The van der Waals surface area contributed by atoms with Crippen LogP contribution in [0, 0.1) is 6.92 Å². The molecule has 0 fully saturated rings. The first-order valence-electron chi connectivity index (χ1n) is 6.09. The minimum Gasteiger partial charge on any atom is -0.508 e. The Labute approximate surface area is 116 Å². The molecule has 1 amide bonds. The van der Waals surface area contributed by atoms with Crippen molar-refractivity contribution in [2.45, 2.75) is 19.8 Å². The van der Waals surface area contributed by atoms with Gasteiger partial charge in [0, 0.05) is 11.9 Å². The second-order valence-corrected chi connectivity index (χ2v) is 5.37. The van der Waals surface area contributed by atoms with Crippen molar-refractivity contribution in [3.63, 3.8) is 0 Å². The number of nitrogens with one attached hydrogen (secondary N) is 1. The van der Waals surface area contributed by atoms with Crippen molar-refractivity contribution in [1.82, 2.24) is 10.3 Å². The Morgan fingerprint density at radius 1 is 1.47 bits per heavy atom. The zero-order valence-electron chi connectivity index (χ0n) is 10.7. The summed E-state index contributed by atoms with van der Waals surface area (Å²) in [5.41, 5.74) is 1.82. The van der Waals surface area contributed by atoms with E-state index >= 15 is 0 Å². The predicted molar refractivity (Wildman–Crippen MR) is 75.4 cm³/mol. The number of aromatic hydroxyl groups is 1. The van der Waals surface area contributed by atoms with Gasteiger partial charge in [0.2, 0.25) is 5.91 Å². The number of carbonyl (C=O) groups is 1. The lowest BCUT2D eigenvalue weighted by atomic mass is 10.1. The lowest BCUT2D eigenvalue weighted by molar-refractivity contribution is -0.120. The molecule has 2 aromatic rings. The van der Waals surface area contributed by atoms with Gasteiger partial charge in [0.05, 0.1) is 17.1 Å². The standard InChI is InChI=1S/C14H16N2O2S/c1-10-16-12(9-19-10)8-14(18)15-6-5-11-3-2-4-13(17)7-11/h2-4,7,9,17H,5-6,8H2,1H3,(H,15,18). The Morgan fingerprint density at radius 3 is 3.00 bits per heavy atom. The third-order valence-corrected chi connectivity index (χ3v) is 3.48. The van der Waals surface area contributed by atoms with Gasteiger partial charge in [0.15, 0.2) is 0 Å². The first-order chi connectivity index (χ1) is 9.13. The van der Waals surface area contributed by atoms with Crippen LogP contribution in [0.5, 0.6) is 5.75 Å². The predicted octanol–water partition coefficient (Wildman–Crippen LogP) is 2.06. The fourth-order valence-electron chi connectivity index (χ4n) is 1.77. The molecule has 1 heterocycles. The van der Waals surface area contributed by atoms with Gasteiger partial charge in [-0.1, -0.05) is 12.1 Å². The van der Waals surface area contributed by atoms with Gasteiger partial charge < -0.3 is 10.4 Å². The van der Waals surface area contributed by atoms with E-state index in [2.05, 4.69) is 10.3 Å². The highest BCUT2D eigenvalue weighted by atomic mass is 32.1. The highest BCUT2D eigenvalue weighted by molar-refractivity contribution is 7.09. The van der Waals surface area contributed by atoms with E-state index in [0.29, 0.717) is 19.4 Å². The number of hydrogen-bond donors (Lipinski definition) is 2. The lowest BCUT2D eigenvalue weighted by Gasteiger charge is -2.04. The van der Waals surface area contributed by atoms with Gasteiger partial charge in [-0.15, -0.1) is 11.3 Å². The van der Waals surface area contributed by atoms with Crippen molar-refractivity contribution in [2.75, 3.05) is 6.54 Å². The minimum atomic E-state index is -0.0227. The van der Waals surface area contributed by atoms with Gasteiger partial charge in [0.25, 0.3) is 0 Å². The summed E-state index contributed by atoms with van der Waals surface area (Å²) in [5, 5.41) is 15.1. The summed E-state index contributed by atoms with van der Waals surface area (Å²) in [4.78, 5) is 15.9. The lowest BCUT2D eigenvalue weighted by Crippen LogP contribution is -2.27. The molecular weight excluding hydrogens is 260 g/mol. The van der Waals surface area contributed by atoms with Crippen molar-refractivity contribution in [2.24, 2.45) is 0 Å². The number of thiazole rings is 1. The van der Waals surface area contributed by atoms with E-state index in [-0.39, 0.29) is 11.7 Å². The molecular formula is C14H16N2O2S. The third-order valence-electron chi connectivity index (χ3n) is 2.65. The van der Waals surface area contributed by atoms with Crippen molar-refractivity contribution in [3.05, 3.63) is 45.9 Å². The highest BCUT2D eigenvalue weighted by Gasteiger charge is 2.05. The summed E-state index contributed by atoms with van der Waals surface area (Å²) in [6.07, 6.45) is 1.03. The Bertz CT molecular complexity index is 566.